The number of aliphatic carboxylic acids is 1. The van der Waals surface area contributed by atoms with E-state index in [1.54, 1.807) is 0 Å². The van der Waals surface area contributed by atoms with Crippen LogP contribution in [0.4, 0.5) is 0 Å². The van der Waals surface area contributed by atoms with Crippen molar-refractivity contribution in [3.8, 4) is 0 Å². The first-order valence-corrected chi connectivity index (χ1v) is 3.67. The molecule has 0 bridgehead atoms. The summed E-state index contributed by atoms with van der Waals surface area (Å²) >= 11 is 0. The molecular formula is C7H12O4. The third kappa shape index (κ3) is 2.48. The largest absolute Gasteiger partial charge is 0.481 e. The number of carboxylic acids is 1. The second-order valence-electron chi connectivity index (χ2n) is 2.79. The smallest absolute Gasteiger partial charge is 0.305 e. The third-order valence-corrected chi connectivity index (χ3v) is 1.89. The first kappa shape index (κ1) is 8.49. The van der Waals surface area contributed by atoms with Crippen LogP contribution in [0.3, 0.4) is 0 Å². The molecule has 0 amide bonds. The highest BCUT2D eigenvalue weighted by atomic mass is 16.5. The molecule has 0 spiro atoms. The second-order valence-corrected chi connectivity index (χ2v) is 2.79. The number of aliphatic hydroxyl groups is 1. The van der Waals surface area contributed by atoms with Gasteiger partial charge in [0.15, 0.2) is 0 Å². The summed E-state index contributed by atoms with van der Waals surface area (Å²) in [7, 11) is 0. The zero-order valence-electron chi connectivity index (χ0n) is 6.19. The van der Waals surface area contributed by atoms with Gasteiger partial charge in [-0.1, -0.05) is 0 Å². The number of ether oxygens (including phenoxy) is 1. The van der Waals surface area contributed by atoms with Crippen molar-refractivity contribution in [1.82, 2.24) is 0 Å². The lowest BCUT2D eigenvalue weighted by Gasteiger charge is -2.13. The highest BCUT2D eigenvalue weighted by Gasteiger charge is 2.25. The van der Waals surface area contributed by atoms with Gasteiger partial charge < -0.3 is 14.9 Å². The van der Waals surface area contributed by atoms with Gasteiger partial charge in [-0.05, 0) is 6.42 Å². The van der Waals surface area contributed by atoms with Crippen LogP contribution < -0.4 is 0 Å². The number of carboxylic acid groups (broad SMARTS) is 1. The van der Waals surface area contributed by atoms with Crippen LogP contribution in [-0.4, -0.2) is 35.5 Å². The van der Waals surface area contributed by atoms with Gasteiger partial charge >= 0.3 is 5.97 Å². The molecule has 1 rings (SSSR count). The minimum Gasteiger partial charge on any atom is -0.481 e. The number of hydrogen-bond donors (Lipinski definition) is 2. The zero-order chi connectivity index (χ0) is 8.27. The SMILES string of the molecule is O=C(O)C[C@@H](O)C1CCOC1. The van der Waals surface area contributed by atoms with Crippen molar-refractivity contribution in [1.29, 1.82) is 0 Å². The Morgan fingerprint density at radius 1 is 1.73 bits per heavy atom. The molecule has 4 nitrogen and oxygen atoms in total. The summed E-state index contributed by atoms with van der Waals surface area (Å²) in [6.45, 7) is 1.13. The molecule has 1 fully saturated rings. The molecule has 1 aliphatic heterocycles. The van der Waals surface area contributed by atoms with Gasteiger partial charge in [0.05, 0.1) is 19.1 Å². The Morgan fingerprint density at radius 2 is 2.45 bits per heavy atom. The van der Waals surface area contributed by atoms with Crippen molar-refractivity contribution < 1.29 is 19.7 Å². The van der Waals surface area contributed by atoms with E-state index >= 15 is 0 Å². The fourth-order valence-corrected chi connectivity index (χ4v) is 1.20. The highest BCUT2D eigenvalue weighted by Crippen LogP contribution is 2.18. The fourth-order valence-electron chi connectivity index (χ4n) is 1.20. The molecule has 0 aromatic heterocycles. The number of aliphatic hydroxyl groups excluding tert-OH is 1. The van der Waals surface area contributed by atoms with E-state index in [-0.39, 0.29) is 12.3 Å². The molecule has 1 aliphatic rings. The van der Waals surface area contributed by atoms with E-state index in [4.69, 9.17) is 9.84 Å². The van der Waals surface area contributed by atoms with Crippen molar-refractivity contribution in [3.63, 3.8) is 0 Å². The van der Waals surface area contributed by atoms with Crippen LogP contribution in [0.1, 0.15) is 12.8 Å². The van der Waals surface area contributed by atoms with Gasteiger partial charge in [-0.25, -0.2) is 0 Å². The van der Waals surface area contributed by atoms with Gasteiger partial charge in [0.1, 0.15) is 0 Å². The Hall–Kier alpha value is -0.610. The van der Waals surface area contributed by atoms with Gasteiger partial charge in [-0.3, -0.25) is 4.79 Å². The first-order valence-electron chi connectivity index (χ1n) is 3.67. The maximum atomic E-state index is 10.2. The molecule has 1 saturated heterocycles. The van der Waals surface area contributed by atoms with E-state index in [0.29, 0.717) is 13.2 Å². The zero-order valence-corrected chi connectivity index (χ0v) is 6.19. The summed E-state index contributed by atoms with van der Waals surface area (Å²) in [5.41, 5.74) is 0. The van der Waals surface area contributed by atoms with Gasteiger partial charge in [0.25, 0.3) is 0 Å². The van der Waals surface area contributed by atoms with E-state index in [1.807, 2.05) is 0 Å². The molecule has 4 heteroatoms. The second kappa shape index (κ2) is 3.69. The number of carbonyl (C=O) groups is 1. The summed E-state index contributed by atoms with van der Waals surface area (Å²) in [5, 5.41) is 17.6. The molecule has 1 heterocycles. The summed E-state index contributed by atoms with van der Waals surface area (Å²) in [5.74, 6) is -0.935. The van der Waals surface area contributed by atoms with E-state index < -0.39 is 12.1 Å². The monoisotopic (exact) mass is 160 g/mol. The lowest BCUT2D eigenvalue weighted by atomic mass is 9.99. The molecule has 64 valence electrons. The Bertz CT molecular complexity index is 139. The molecule has 2 N–H and O–H groups in total. The van der Waals surface area contributed by atoms with Crippen LogP contribution in [0, 0.1) is 5.92 Å². The van der Waals surface area contributed by atoms with Crippen molar-refractivity contribution in [2.45, 2.75) is 18.9 Å². The Labute approximate surface area is 64.8 Å². The molecule has 0 radical (unpaired) electrons. The van der Waals surface area contributed by atoms with Gasteiger partial charge in [-0.2, -0.15) is 0 Å². The molecule has 11 heavy (non-hydrogen) atoms. The number of rotatable bonds is 3. The Balaban J connectivity index is 2.28. The molecular weight excluding hydrogens is 148 g/mol. The van der Waals surface area contributed by atoms with E-state index in [1.165, 1.54) is 0 Å². The predicted octanol–water partition coefficient (Wildman–Crippen LogP) is -0.141. The average Bonchev–Trinajstić information content (AvgIpc) is 2.35. The minimum atomic E-state index is -0.954. The van der Waals surface area contributed by atoms with Crippen molar-refractivity contribution in [3.05, 3.63) is 0 Å². The third-order valence-electron chi connectivity index (χ3n) is 1.89. The summed E-state index contributed by atoms with van der Waals surface area (Å²) in [6, 6.07) is 0. The Morgan fingerprint density at radius 3 is 2.91 bits per heavy atom. The van der Waals surface area contributed by atoms with Crippen LogP contribution in [0.2, 0.25) is 0 Å². The van der Waals surface area contributed by atoms with E-state index in [9.17, 15) is 9.90 Å². The van der Waals surface area contributed by atoms with Gasteiger partial charge in [0.2, 0.25) is 0 Å². The van der Waals surface area contributed by atoms with E-state index in [0.717, 1.165) is 6.42 Å². The fraction of sp³-hybridized carbons (Fsp3) is 0.857. The topological polar surface area (TPSA) is 66.8 Å². The van der Waals surface area contributed by atoms with Crippen molar-refractivity contribution >= 4 is 5.97 Å². The van der Waals surface area contributed by atoms with Crippen LogP contribution in [-0.2, 0) is 9.53 Å². The normalized spacial score (nSPS) is 26.8. The van der Waals surface area contributed by atoms with Crippen molar-refractivity contribution in [2.24, 2.45) is 5.92 Å². The predicted molar refractivity (Wildman–Crippen MR) is 37.2 cm³/mol. The average molecular weight is 160 g/mol. The molecule has 0 aliphatic carbocycles. The molecule has 1 unspecified atom stereocenters. The summed E-state index contributed by atoms with van der Waals surface area (Å²) in [4.78, 5) is 10.2. The van der Waals surface area contributed by atoms with Crippen LogP contribution in [0.15, 0.2) is 0 Å². The van der Waals surface area contributed by atoms with Gasteiger partial charge in [0, 0.05) is 12.5 Å². The Kier molecular flexibility index (Phi) is 2.84. The molecule has 0 saturated carbocycles. The first-order chi connectivity index (χ1) is 5.20. The standard InChI is InChI=1S/C7H12O4/c8-6(3-7(9)10)5-1-2-11-4-5/h5-6,8H,1-4H2,(H,9,10)/t5?,6-/m1/s1. The molecule has 0 aromatic carbocycles. The minimum absolute atomic E-state index is 0.0195. The highest BCUT2D eigenvalue weighted by molar-refractivity contribution is 5.67. The summed E-state index contributed by atoms with van der Waals surface area (Å²) < 4.78 is 5.01. The van der Waals surface area contributed by atoms with Crippen molar-refractivity contribution in [2.75, 3.05) is 13.2 Å². The van der Waals surface area contributed by atoms with Crippen LogP contribution in [0.5, 0.6) is 0 Å². The lowest BCUT2D eigenvalue weighted by Crippen LogP contribution is -2.23. The maximum absolute atomic E-state index is 10.2. The lowest BCUT2D eigenvalue weighted by molar-refractivity contribution is -0.139. The van der Waals surface area contributed by atoms with Crippen LogP contribution >= 0.6 is 0 Å². The van der Waals surface area contributed by atoms with Crippen LogP contribution in [0.25, 0.3) is 0 Å². The maximum Gasteiger partial charge on any atom is 0.305 e. The number of hydrogen-bond acceptors (Lipinski definition) is 3. The van der Waals surface area contributed by atoms with E-state index in [2.05, 4.69) is 0 Å². The summed E-state index contributed by atoms with van der Waals surface area (Å²) in [6.07, 6.45) is -0.141. The quantitative estimate of drug-likeness (QED) is 0.603. The molecule has 0 aromatic rings. The van der Waals surface area contributed by atoms with Gasteiger partial charge in [-0.15, -0.1) is 0 Å². The molecule has 2 atom stereocenters.